The van der Waals surface area contributed by atoms with Gasteiger partial charge in [-0.25, -0.2) is 4.57 Å². The average Bonchev–Trinajstić information content (AvgIpc) is 2.51. The first-order valence-electron chi connectivity index (χ1n) is 9.12. The molecule has 0 saturated carbocycles. The fraction of sp³-hybridized carbons (Fsp3) is 1.00. The van der Waals surface area contributed by atoms with E-state index in [0.717, 1.165) is 19.3 Å². The Morgan fingerprint density at radius 3 is 1.71 bits per heavy atom. The predicted molar refractivity (Wildman–Crippen MR) is 93.1 cm³/mol. The van der Waals surface area contributed by atoms with Gasteiger partial charge in [-0.05, 0) is 6.42 Å². The van der Waals surface area contributed by atoms with Crippen LogP contribution in [0.25, 0.3) is 0 Å². The summed E-state index contributed by atoms with van der Waals surface area (Å²) in [5.74, 6) is 0. The average molecular weight is 464 g/mol. The van der Waals surface area contributed by atoms with E-state index < -0.39 is 28.4 Å². The fourth-order valence-electron chi connectivity index (χ4n) is 2.38. The van der Waals surface area contributed by atoms with Crippen molar-refractivity contribution in [2.75, 3.05) is 19.8 Å². The molecule has 0 radical (unpaired) electrons. The molecule has 0 heterocycles. The van der Waals surface area contributed by atoms with Crippen molar-refractivity contribution in [2.45, 2.75) is 77.2 Å². The molecular weight excluding hydrogens is 432 g/mol. The van der Waals surface area contributed by atoms with Crippen molar-refractivity contribution < 1.29 is 102 Å². The molecule has 0 aliphatic heterocycles. The number of hydrogen-bond donors (Lipinski definition) is 2. The molecule has 1 unspecified atom stereocenters. The van der Waals surface area contributed by atoms with Gasteiger partial charge in [0.2, 0.25) is 0 Å². The first-order chi connectivity index (χ1) is 12.1. The number of ether oxygens (including phenoxy) is 1. The van der Waals surface area contributed by atoms with Gasteiger partial charge in [0.15, 0.2) is 0 Å². The molecular formula is C15H32Na2O9P2. The first kappa shape index (κ1) is 34.8. The number of unbranched alkanes of at least 4 members (excludes halogenated alkanes) is 9. The molecule has 0 aromatic carbocycles. The molecule has 0 aliphatic carbocycles. The Hall–Kier alpha value is 2.18. The summed E-state index contributed by atoms with van der Waals surface area (Å²) >= 11 is 0. The van der Waals surface area contributed by atoms with Crippen LogP contribution in [0.2, 0.25) is 0 Å². The summed E-state index contributed by atoms with van der Waals surface area (Å²) in [7, 11) is -10.1. The molecule has 28 heavy (non-hydrogen) atoms. The quantitative estimate of drug-likeness (QED) is 0.119. The van der Waals surface area contributed by atoms with Crippen LogP contribution in [0.15, 0.2) is 0 Å². The van der Waals surface area contributed by atoms with Crippen LogP contribution < -0.4 is 68.9 Å². The minimum absolute atomic E-state index is 0. The van der Waals surface area contributed by atoms with Crippen molar-refractivity contribution in [3.05, 3.63) is 0 Å². The van der Waals surface area contributed by atoms with Crippen molar-refractivity contribution in [2.24, 2.45) is 0 Å². The van der Waals surface area contributed by atoms with Gasteiger partial charge >= 0.3 is 66.9 Å². The summed E-state index contributed by atoms with van der Waals surface area (Å²) in [6.07, 6.45) is 10.3. The first-order valence-corrected chi connectivity index (χ1v) is 12.1. The van der Waals surface area contributed by atoms with E-state index in [4.69, 9.17) is 14.5 Å². The van der Waals surface area contributed by atoms with Crippen LogP contribution in [0, 0.1) is 0 Å². The summed E-state index contributed by atoms with van der Waals surface area (Å²) in [5.41, 5.74) is 0. The van der Waals surface area contributed by atoms with Gasteiger partial charge in [0.1, 0.15) is 6.10 Å². The van der Waals surface area contributed by atoms with E-state index in [0.29, 0.717) is 6.61 Å². The zero-order valence-electron chi connectivity index (χ0n) is 17.4. The Bertz CT molecular complexity index is 432. The van der Waals surface area contributed by atoms with Crippen molar-refractivity contribution in [1.82, 2.24) is 0 Å². The second-order valence-corrected chi connectivity index (χ2v) is 8.56. The van der Waals surface area contributed by atoms with Gasteiger partial charge in [-0.15, -0.1) is 0 Å². The van der Waals surface area contributed by atoms with Crippen molar-refractivity contribution >= 4 is 15.6 Å². The van der Waals surface area contributed by atoms with Gasteiger partial charge in [0.05, 0.1) is 21.0 Å². The zero-order valence-corrected chi connectivity index (χ0v) is 23.2. The second-order valence-electron chi connectivity index (χ2n) is 6.22. The summed E-state index contributed by atoms with van der Waals surface area (Å²) in [6.45, 7) is 1.48. The molecule has 158 valence electrons. The molecule has 0 aromatic heterocycles. The number of rotatable bonds is 18. The van der Waals surface area contributed by atoms with E-state index >= 15 is 0 Å². The van der Waals surface area contributed by atoms with E-state index in [2.05, 4.69) is 16.0 Å². The van der Waals surface area contributed by atoms with Crippen LogP contribution in [0.1, 0.15) is 71.1 Å². The standard InChI is InChI=1S/C15H34O9P2.2Na/c1-2-3-4-5-6-7-8-9-10-11-12-22-13-15(24-26(19,20)21)14-23-25(16,17)18;;/h15H,2-14H2,1H3,(H2,16,17,18)(H2,19,20,21);;/q;2*+1/p-2. The third-order valence-electron chi connectivity index (χ3n) is 3.65. The summed E-state index contributed by atoms with van der Waals surface area (Å²) in [6, 6.07) is 0. The number of phosphoric ester groups is 2. The molecule has 13 heteroatoms. The Kier molecular flexibility index (Phi) is 26.1. The third-order valence-corrected chi connectivity index (χ3v) is 4.69. The largest absolute Gasteiger partial charge is 1.00 e. The third kappa shape index (κ3) is 28.2. The molecule has 0 amide bonds. The van der Waals surface area contributed by atoms with Gasteiger partial charge in [0, 0.05) is 6.61 Å². The van der Waals surface area contributed by atoms with Crippen LogP contribution in [0.5, 0.6) is 0 Å². The molecule has 0 saturated heterocycles. The topological polar surface area (TPSA) is 148 Å². The molecule has 1 atom stereocenters. The molecule has 0 fully saturated rings. The van der Waals surface area contributed by atoms with Crippen LogP contribution in [0.3, 0.4) is 0 Å². The molecule has 9 nitrogen and oxygen atoms in total. The minimum Gasteiger partial charge on any atom is -0.790 e. The Morgan fingerprint density at radius 2 is 1.29 bits per heavy atom. The maximum Gasteiger partial charge on any atom is 1.00 e. The maximum atomic E-state index is 10.6. The minimum atomic E-state index is -5.30. The van der Waals surface area contributed by atoms with Gasteiger partial charge in [-0.2, -0.15) is 0 Å². The fourth-order valence-corrected chi connectivity index (χ4v) is 3.23. The summed E-state index contributed by atoms with van der Waals surface area (Å²) < 4.78 is 34.8. The van der Waals surface area contributed by atoms with Gasteiger partial charge < -0.3 is 33.4 Å². The van der Waals surface area contributed by atoms with Crippen molar-refractivity contribution in [3.63, 3.8) is 0 Å². The molecule has 0 aromatic rings. The number of phosphoric acid groups is 2. The SMILES string of the molecule is CCCCCCCCCCCCOCC(COP(=O)(O)O)OP(=O)([O-])[O-].[Na+].[Na+]. The monoisotopic (exact) mass is 464 g/mol. The van der Waals surface area contributed by atoms with E-state index in [1.807, 2.05) is 0 Å². The van der Waals surface area contributed by atoms with Crippen LogP contribution in [-0.2, 0) is 22.9 Å². The Morgan fingerprint density at radius 1 is 0.821 bits per heavy atom. The zero-order chi connectivity index (χ0) is 19.9. The van der Waals surface area contributed by atoms with Crippen LogP contribution in [-0.4, -0.2) is 35.7 Å². The molecule has 0 aliphatic rings. The molecule has 0 bridgehead atoms. The summed E-state index contributed by atoms with van der Waals surface area (Å²) in [5, 5.41) is 0. The van der Waals surface area contributed by atoms with Crippen LogP contribution in [0.4, 0.5) is 0 Å². The van der Waals surface area contributed by atoms with Crippen molar-refractivity contribution in [3.8, 4) is 0 Å². The van der Waals surface area contributed by atoms with E-state index in [1.165, 1.54) is 44.9 Å². The second kappa shape index (κ2) is 21.0. The Balaban J connectivity index is -0.00000312. The van der Waals surface area contributed by atoms with Gasteiger partial charge in [-0.1, -0.05) is 64.7 Å². The van der Waals surface area contributed by atoms with Crippen molar-refractivity contribution in [1.29, 1.82) is 0 Å². The molecule has 2 N–H and O–H groups in total. The molecule has 0 spiro atoms. The normalized spacial score (nSPS) is 12.9. The summed E-state index contributed by atoms with van der Waals surface area (Å²) in [4.78, 5) is 38.5. The van der Waals surface area contributed by atoms with Gasteiger partial charge in [-0.3, -0.25) is 4.52 Å². The maximum absolute atomic E-state index is 10.6. The van der Waals surface area contributed by atoms with E-state index in [9.17, 15) is 18.9 Å². The smallest absolute Gasteiger partial charge is 0.790 e. The molecule has 0 rings (SSSR count). The van der Waals surface area contributed by atoms with E-state index in [1.54, 1.807) is 0 Å². The van der Waals surface area contributed by atoms with E-state index in [-0.39, 0.29) is 65.7 Å². The Labute approximate surface area is 212 Å². The van der Waals surface area contributed by atoms with Gasteiger partial charge in [0.25, 0.3) is 0 Å². The number of hydrogen-bond acceptors (Lipinski definition) is 7. The predicted octanol–water partition coefficient (Wildman–Crippen LogP) is -3.74. The van der Waals surface area contributed by atoms with Crippen LogP contribution >= 0.6 is 15.6 Å².